The van der Waals surface area contributed by atoms with Gasteiger partial charge in [-0.3, -0.25) is 9.78 Å². The molecule has 4 aromatic carbocycles. The predicted octanol–water partition coefficient (Wildman–Crippen LogP) is 12.2. The van der Waals surface area contributed by atoms with E-state index in [-0.39, 0.29) is 54.3 Å². The summed E-state index contributed by atoms with van der Waals surface area (Å²) < 4.78 is 6.64. The van der Waals surface area contributed by atoms with Crippen molar-refractivity contribution >= 4 is 38.1 Å². The Hall–Kier alpha value is -3.53. The molecule has 0 bridgehead atoms. The third kappa shape index (κ3) is 6.46. The van der Waals surface area contributed by atoms with Gasteiger partial charge in [-0.25, -0.2) is 0 Å². The summed E-state index contributed by atoms with van der Waals surface area (Å²) in [6.07, 6.45) is 8.01. The van der Waals surface area contributed by atoms with Crippen LogP contribution in [0.1, 0.15) is 104 Å². The van der Waals surface area contributed by atoms with E-state index in [1.807, 2.05) is 33.9 Å². The Balaban J connectivity index is 0.000000252. The maximum atomic E-state index is 11.7. The predicted molar refractivity (Wildman–Crippen MR) is 200 cm³/mol. The van der Waals surface area contributed by atoms with E-state index in [0.717, 1.165) is 71.2 Å². The Bertz CT molecular complexity index is 2080. The molecule has 1 radical (unpaired) electrons. The fourth-order valence-corrected chi connectivity index (χ4v) is 8.41. The first kappa shape index (κ1) is 36.7. The van der Waals surface area contributed by atoms with Crippen LogP contribution in [0.2, 0.25) is 0 Å². The average Bonchev–Trinajstić information content (AvgIpc) is 3.24. The fourth-order valence-electron chi connectivity index (χ4n) is 8.41. The van der Waals surface area contributed by atoms with E-state index in [0.29, 0.717) is 0 Å². The maximum absolute atomic E-state index is 11.7. The molecule has 0 saturated carbocycles. The molecule has 1 aliphatic carbocycles. The number of aryl methyl sites for hydroxylation is 1. The molecule has 2 aliphatic rings. The summed E-state index contributed by atoms with van der Waals surface area (Å²) in [7, 11) is 0. The van der Waals surface area contributed by atoms with Crippen LogP contribution in [0.25, 0.3) is 43.6 Å². The smallest absolute Gasteiger partial charge is 0.162 e. The van der Waals surface area contributed by atoms with Gasteiger partial charge in [0.1, 0.15) is 5.75 Å². The Morgan fingerprint density at radius 2 is 1.53 bits per heavy atom. The van der Waals surface area contributed by atoms with E-state index < -0.39 is 0 Å². The number of pyridine rings is 1. The SMILES string of the molecule is CCC(CC)C(=O)/C=C(\O)C(CC)CC.Cc1c2c([c-]c3ccccc13)-c1nccc3c1c(cc1cc4c(cc13)C(C)(C)CC4(C)C)O2.[Ir]. The van der Waals surface area contributed by atoms with Crippen LogP contribution < -0.4 is 4.74 Å². The zero-order valence-corrected chi connectivity index (χ0v) is 32.9. The molecule has 5 aromatic rings. The number of rotatable bonds is 7. The fraction of sp³-hybridized carbons (Fsp3) is 0.409. The molecule has 259 valence electrons. The summed E-state index contributed by atoms with van der Waals surface area (Å²) in [5.41, 5.74) is 6.34. The summed E-state index contributed by atoms with van der Waals surface area (Å²) in [6, 6.07) is 21.2. The summed E-state index contributed by atoms with van der Waals surface area (Å²) in [6.45, 7) is 19.7. The zero-order chi connectivity index (χ0) is 34.5. The van der Waals surface area contributed by atoms with Gasteiger partial charge in [0.05, 0.1) is 11.5 Å². The number of allylic oxidation sites excluding steroid dienone is 2. The normalized spacial score (nSPS) is 15.4. The molecule has 0 amide bonds. The number of ketones is 1. The molecule has 0 saturated heterocycles. The van der Waals surface area contributed by atoms with Crippen molar-refractivity contribution in [1.29, 1.82) is 0 Å². The van der Waals surface area contributed by atoms with Gasteiger partial charge in [0.15, 0.2) is 5.78 Å². The van der Waals surface area contributed by atoms with Gasteiger partial charge in [0, 0.05) is 55.3 Å². The molecule has 0 spiro atoms. The molecule has 1 N–H and O–H groups in total. The third-order valence-electron chi connectivity index (χ3n) is 11.0. The molecule has 4 nitrogen and oxygen atoms in total. The zero-order valence-electron chi connectivity index (χ0n) is 30.5. The Morgan fingerprint density at radius 3 is 2.18 bits per heavy atom. The summed E-state index contributed by atoms with van der Waals surface area (Å²) in [5.74, 6) is 2.32. The topological polar surface area (TPSA) is 59.4 Å². The van der Waals surface area contributed by atoms with Crippen molar-refractivity contribution in [3.63, 3.8) is 0 Å². The van der Waals surface area contributed by atoms with Crippen LogP contribution in [0, 0.1) is 24.8 Å². The van der Waals surface area contributed by atoms with Gasteiger partial charge in [-0.05, 0) is 95.3 Å². The minimum absolute atomic E-state index is 0. The van der Waals surface area contributed by atoms with Crippen LogP contribution in [-0.2, 0) is 35.7 Å². The molecule has 1 aromatic heterocycles. The van der Waals surface area contributed by atoms with E-state index in [1.54, 1.807) is 0 Å². The first-order valence-corrected chi connectivity index (χ1v) is 17.8. The number of benzene rings is 4. The van der Waals surface area contributed by atoms with E-state index in [2.05, 4.69) is 89.2 Å². The van der Waals surface area contributed by atoms with Crippen molar-refractivity contribution in [3.05, 3.63) is 89.3 Å². The van der Waals surface area contributed by atoms with Crippen molar-refractivity contribution in [3.8, 4) is 22.8 Å². The second-order valence-electron chi connectivity index (χ2n) is 15.1. The summed E-state index contributed by atoms with van der Waals surface area (Å²) in [4.78, 5) is 16.6. The number of hydrogen-bond donors (Lipinski definition) is 1. The number of fused-ring (bicyclic) bond motifs is 6. The molecular formula is C44H50IrNO3-. The van der Waals surface area contributed by atoms with Gasteiger partial charge < -0.3 is 9.84 Å². The van der Waals surface area contributed by atoms with Crippen LogP contribution in [0.5, 0.6) is 11.5 Å². The molecule has 7 rings (SSSR count). The number of aromatic nitrogens is 1. The van der Waals surface area contributed by atoms with Gasteiger partial charge in [-0.2, -0.15) is 0 Å². The van der Waals surface area contributed by atoms with Crippen molar-refractivity contribution in [2.45, 2.75) is 105 Å². The Labute approximate surface area is 305 Å². The second kappa shape index (κ2) is 14.0. The number of aliphatic hydroxyl groups is 1. The first-order chi connectivity index (χ1) is 22.8. The molecule has 0 fully saturated rings. The number of carbonyl (C=O) groups excluding carboxylic acids is 1. The first-order valence-electron chi connectivity index (χ1n) is 17.8. The van der Waals surface area contributed by atoms with Gasteiger partial charge in [-0.1, -0.05) is 96.2 Å². The largest absolute Gasteiger partial charge is 0.512 e. The van der Waals surface area contributed by atoms with Gasteiger partial charge in [0.25, 0.3) is 0 Å². The Kier molecular flexibility index (Phi) is 10.5. The summed E-state index contributed by atoms with van der Waals surface area (Å²) in [5, 5.41) is 16.9. The second-order valence-corrected chi connectivity index (χ2v) is 15.1. The molecular weight excluding hydrogens is 783 g/mol. The standard InChI is InChI=1S/C31H26NO.C13H24O2.Ir/c1-17-20-9-7-6-8-18(20)12-23-28-27-21(10-11-32-28)22-15-25-24(30(2,3)16-31(25,4)5)13-19(22)14-26(27)33-29(17)23;1-5-10(6-2)12(14)9-13(15)11(7-3)8-4;/h6-11,13-15H,16H2,1-5H3;9-11,14H,5-8H2,1-4H3;/q-1;;/b;12-9-;. The van der Waals surface area contributed by atoms with Crippen LogP contribution in [-0.4, -0.2) is 15.9 Å². The number of nitrogens with zero attached hydrogens (tertiary/aromatic N) is 1. The van der Waals surface area contributed by atoms with Crippen molar-refractivity contribution in [2.24, 2.45) is 11.8 Å². The van der Waals surface area contributed by atoms with Crippen molar-refractivity contribution in [2.75, 3.05) is 0 Å². The molecule has 2 heterocycles. The van der Waals surface area contributed by atoms with Gasteiger partial charge in [-0.15, -0.1) is 17.5 Å². The molecule has 5 heteroatoms. The van der Waals surface area contributed by atoms with Crippen LogP contribution in [0.3, 0.4) is 0 Å². The van der Waals surface area contributed by atoms with E-state index >= 15 is 0 Å². The quantitative estimate of drug-likeness (QED) is 0.0753. The van der Waals surface area contributed by atoms with Crippen LogP contribution in [0.15, 0.2) is 66.6 Å². The third-order valence-corrected chi connectivity index (χ3v) is 11.0. The molecule has 0 unspecified atom stereocenters. The monoisotopic (exact) mass is 833 g/mol. The van der Waals surface area contributed by atoms with Gasteiger partial charge >= 0.3 is 0 Å². The average molecular weight is 833 g/mol. The molecule has 0 atom stereocenters. The van der Waals surface area contributed by atoms with Gasteiger partial charge in [0.2, 0.25) is 0 Å². The van der Waals surface area contributed by atoms with Crippen molar-refractivity contribution < 1.29 is 34.7 Å². The number of hydrogen-bond acceptors (Lipinski definition) is 4. The van der Waals surface area contributed by atoms with E-state index in [9.17, 15) is 9.90 Å². The van der Waals surface area contributed by atoms with E-state index in [4.69, 9.17) is 9.72 Å². The summed E-state index contributed by atoms with van der Waals surface area (Å²) >= 11 is 0. The Morgan fingerprint density at radius 1 is 0.898 bits per heavy atom. The number of carbonyl (C=O) groups is 1. The number of aliphatic hydroxyl groups excluding tert-OH is 1. The van der Waals surface area contributed by atoms with E-state index in [1.165, 1.54) is 38.7 Å². The molecule has 1 aliphatic heterocycles. The minimum atomic E-state index is 0. The maximum Gasteiger partial charge on any atom is 0.162 e. The number of ether oxygens (including phenoxy) is 1. The molecule has 49 heavy (non-hydrogen) atoms. The minimum Gasteiger partial charge on any atom is -0.512 e. The van der Waals surface area contributed by atoms with Crippen LogP contribution in [0.4, 0.5) is 0 Å². The van der Waals surface area contributed by atoms with Crippen LogP contribution >= 0.6 is 0 Å². The van der Waals surface area contributed by atoms with Crippen molar-refractivity contribution in [1.82, 2.24) is 4.98 Å².